The highest BCUT2D eigenvalue weighted by Gasteiger charge is 2.17. The molecule has 0 saturated heterocycles. The fraction of sp³-hybridized carbons (Fsp3) is 0.385. The predicted octanol–water partition coefficient (Wildman–Crippen LogP) is -0.0107. The van der Waals surface area contributed by atoms with E-state index in [1.165, 1.54) is 25.3 Å². The van der Waals surface area contributed by atoms with Gasteiger partial charge in [0.15, 0.2) is 0 Å². The smallest absolute Gasteiger partial charge is 0.241 e. The highest BCUT2D eigenvalue weighted by molar-refractivity contribution is 7.89. The number of methoxy groups -OCH3 is 1. The molecule has 0 aliphatic rings. The molecule has 0 bridgehead atoms. The number of carbonyl (C=O) groups excluding carboxylic acids is 1. The van der Waals surface area contributed by atoms with E-state index in [2.05, 4.69) is 10.0 Å². The van der Waals surface area contributed by atoms with Crippen LogP contribution in [-0.4, -0.2) is 41.1 Å². The molecule has 1 amide bonds. The van der Waals surface area contributed by atoms with Gasteiger partial charge in [-0.2, -0.15) is 5.26 Å². The summed E-state index contributed by atoms with van der Waals surface area (Å²) in [7, 11) is -2.28. The minimum Gasteiger partial charge on any atom is -0.383 e. The number of hydrogen-bond acceptors (Lipinski definition) is 5. The quantitative estimate of drug-likeness (QED) is 0.656. The van der Waals surface area contributed by atoms with E-state index in [1.807, 2.05) is 6.07 Å². The Balaban J connectivity index is 2.55. The van der Waals surface area contributed by atoms with E-state index in [9.17, 15) is 13.2 Å². The predicted molar refractivity (Wildman–Crippen MR) is 75.8 cm³/mol. The van der Waals surface area contributed by atoms with Gasteiger partial charge >= 0.3 is 0 Å². The minimum atomic E-state index is -3.80. The average Bonchev–Trinajstić information content (AvgIpc) is 2.47. The Hall–Kier alpha value is -1.95. The summed E-state index contributed by atoms with van der Waals surface area (Å²) in [4.78, 5) is 11.3. The van der Waals surface area contributed by atoms with Crippen molar-refractivity contribution in [3.05, 3.63) is 29.8 Å². The molecular formula is C13H17N3O4S. The second-order valence-electron chi connectivity index (χ2n) is 4.10. The first kappa shape index (κ1) is 17.1. The van der Waals surface area contributed by atoms with Crippen molar-refractivity contribution in [2.45, 2.75) is 11.3 Å². The average molecular weight is 311 g/mol. The molecule has 21 heavy (non-hydrogen) atoms. The standard InChI is InChI=1S/C13H17N3O4S/c1-20-9-8-15-13(17)6-7-16-21(18,19)12-5-3-2-4-11(12)10-14/h2-5,16H,6-9H2,1H3,(H,15,17). The molecule has 7 nitrogen and oxygen atoms in total. The summed E-state index contributed by atoms with van der Waals surface area (Å²) in [6, 6.07) is 7.71. The van der Waals surface area contributed by atoms with Crippen LogP contribution >= 0.6 is 0 Å². The molecule has 0 heterocycles. The molecule has 0 aromatic heterocycles. The zero-order valence-electron chi connectivity index (χ0n) is 11.6. The van der Waals surface area contributed by atoms with Gasteiger partial charge in [0.25, 0.3) is 0 Å². The second kappa shape index (κ2) is 8.36. The Bertz CT molecular complexity index is 623. The Labute approximate surface area is 124 Å². The highest BCUT2D eigenvalue weighted by atomic mass is 32.2. The van der Waals surface area contributed by atoms with E-state index in [1.54, 1.807) is 6.07 Å². The zero-order chi connectivity index (χ0) is 15.7. The molecule has 1 aromatic rings. The van der Waals surface area contributed by atoms with Gasteiger partial charge < -0.3 is 10.1 Å². The van der Waals surface area contributed by atoms with Gasteiger partial charge in [0.05, 0.1) is 17.1 Å². The molecule has 1 rings (SSSR count). The summed E-state index contributed by atoms with van der Waals surface area (Å²) >= 11 is 0. The molecule has 0 aliphatic carbocycles. The Kier molecular flexibility index (Phi) is 6.81. The summed E-state index contributed by atoms with van der Waals surface area (Å²) in [6.07, 6.45) is 0.0116. The van der Waals surface area contributed by atoms with Crippen LogP contribution in [0, 0.1) is 11.3 Å². The van der Waals surface area contributed by atoms with Crippen LogP contribution in [0.4, 0.5) is 0 Å². The molecule has 0 fully saturated rings. The van der Waals surface area contributed by atoms with Gasteiger partial charge in [0.1, 0.15) is 6.07 Å². The van der Waals surface area contributed by atoms with Crippen LogP contribution in [0.15, 0.2) is 29.2 Å². The van der Waals surface area contributed by atoms with Crippen molar-refractivity contribution in [2.75, 3.05) is 26.8 Å². The van der Waals surface area contributed by atoms with Crippen molar-refractivity contribution in [3.63, 3.8) is 0 Å². The van der Waals surface area contributed by atoms with Crippen LogP contribution in [0.25, 0.3) is 0 Å². The van der Waals surface area contributed by atoms with Crippen LogP contribution in [0.5, 0.6) is 0 Å². The first-order valence-corrected chi connectivity index (χ1v) is 7.74. The fourth-order valence-corrected chi connectivity index (χ4v) is 2.74. The maximum atomic E-state index is 12.0. The molecule has 114 valence electrons. The number of sulfonamides is 1. The van der Waals surface area contributed by atoms with E-state index in [-0.39, 0.29) is 29.3 Å². The molecule has 8 heteroatoms. The van der Waals surface area contributed by atoms with Crippen LogP contribution in [0.1, 0.15) is 12.0 Å². The second-order valence-corrected chi connectivity index (χ2v) is 5.83. The number of nitrogens with zero attached hydrogens (tertiary/aromatic N) is 1. The molecule has 1 aromatic carbocycles. The van der Waals surface area contributed by atoms with Crippen molar-refractivity contribution >= 4 is 15.9 Å². The lowest BCUT2D eigenvalue weighted by molar-refractivity contribution is -0.121. The number of hydrogen-bond donors (Lipinski definition) is 2. The monoisotopic (exact) mass is 311 g/mol. The third kappa shape index (κ3) is 5.51. The molecule has 0 unspecified atom stereocenters. The van der Waals surface area contributed by atoms with E-state index in [0.717, 1.165) is 0 Å². The SMILES string of the molecule is COCCNC(=O)CCNS(=O)(=O)c1ccccc1C#N. The van der Waals surface area contributed by atoms with Crippen molar-refractivity contribution in [1.82, 2.24) is 10.0 Å². The van der Waals surface area contributed by atoms with Gasteiger partial charge in [-0.05, 0) is 12.1 Å². The van der Waals surface area contributed by atoms with Crippen LogP contribution < -0.4 is 10.0 Å². The summed E-state index contributed by atoms with van der Waals surface area (Å²) < 4.78 is 31.2. The first-order valence-electron chi connectivity index (χ1n) is 6.25. The van der Waals surface area contributed by atoms with Crippen molar-refractivity contribution in [2.24, 2.45) is 0 Å². The number of carbonyl (C=O) groups is 1. The number of benzene rings is 1. The number of amides is 1. The summed E-state index contributed by atoms with van der Waals surface area (Å²) in [5.41, 5.74) is 0.0644. The van der Waals surface area contributed by atoms with Gasteiger partial charge in [0.2, 0.25) is 15.9 Å². The van der Waals surface area contributed by atoms with E-state index in [4.69, 9.17) is 10.00 Å². The van der Waals surface area contributed by atoms with Crippen molar-refractivity contribution < 1.29 is 17.9 Å². The van der Waals surface area contributed by atoms with E-state index in [0.29, 0.717) is 13.2 Å². The number of nitriles is 1. The maximum absolute atomic E-state index is 12.0. The Morgan fingerprint density at radius 3 is 2.71 bits per heavy atom. The number of nitrogens with one attached hydrogen (secondary N) is 2. The molecule has 0 radical (unpaired) electrons. The third-order valence-electron chi connectivity index (χ3n) is 2.57. The van der Waals surface area contributed by atoms with Gasteiger partial charge in [-0.15, -0.1) is 0 Å². The van der Waals surface area contributed by atoms with Gasteiger partial charge in [0, 0.05) is 26.6 Å². The van der Waals surface area contributed by atoms with Crippen LogP contribution in [0.2, 0.25) is 0 Å². The molecule has 0 atom stereocenters. The molecule has 0 spiro atoms. The zero-order valence-corrected chi connectivity index (χ0v) is 12.4. The molecule has 2 N–H and O–H groups in total. The summed E-state index contributed by atoms with van der Waals surface area (Å²) in [5, 5.41) is 11.5. The lowest BCUT2D eigenvalue weighted by Crippen LogP contribution is -2.32. The molecule has 0 aliphatic heterocycles. The topological polar surface area (TPSA) is 108 Å². The summed E-state index contributed by atoms with van der Waals surface area (Å²) in [6.45, 7) is 0.729. The fourth-order valence-electron chi connectivity index (χ4n) is 1.55. The third-order valence-corrected chi connectivity index (χ3v) is 4.09. The minimum absolute atomic E-state index is 0.0116. The lowest BCUT2D eigenvalue weighted by Gasteiger charge is -2.08. The van der Waals surface area contributed by atoms with Crippen molar-refractivity contribution in [1.29, 1.82) is 5.26 Å². The van der Waals surface area contributed by atoms with Gasteiger partial charge in [-0.3, -0.25) is 4.79 Å². The van der Waals surface area contributed by atoms with Gasteiger partial charge in [-0.1, -0.05) is 12.1 Å². The lowest BCUT2D eigenvalue weighted by atomic mass is 10.2. The number of ether oxygens (including phenoxy) is 1. The number of rotatable bonds is 8. The first-order chi connectivity index (χ1) is 10.0. The maximum Gasteiger partial charge on any atom is 0.241 e. The Morgan fingerprint density at radius 1 is 1.33 bits per heavy atom. The Morgan fingerprint density at radius 2 is 2.05 bits per heavy atom. The van der Waals surface area contributed by atoms with Crippen molar-refractivity contribution in [3.8, 4) is 6.07 Å². The summed E-state index contributed by atoms with van der Waals surface area (Å²) in [5.74, 6) is -0.275. The van der Waals surface area contributed by atoms with Crippen LogP contribution in [0.3, 0.4) is 0 Å². The highest BCUT2D eigenvalue weighted by Crippen LogP contribution is 2.13. The van der Waals surface area contributed by atoms with Crippen LogP contribution in [-0.2, 0) is 19.6 Å². The largest absolute Gasteiger partial charge is 0.383 e. The molecular weight excluding hydrogens is 294 g/mol. The van der Waals surface area contributed by atoms with E-state index < -0.39 is 10.0 Å². The van der Waals surface area contributed by atoms with E-state index >= 15 is 0 Å². The van der Waals surface area contributed by atoms with Gasteiger partial charge in [-0.25, -0.2) is 13.1 Å². The molecule has 0 saturated carbocycles. The normalized spacial score (nSPS) is 10.9.